The molecule has 102 valence electrons. The topological polar surface area (TPSA) is 29.1 Å². The second kappa shape index (κ2) is 5.08. The van der Waals surface area contributed by atoms with E-state index in [1.807, 2.05) is 24.3 Å². The van der Waals surface area contributed by atoms with Crippen LogP contribution in [-0.2, 0) is 0 Å². The number of para-hydroxylation sites is 1. The Morgan fingerprint density at radius 3 is 2.85 bits per heavy atom. The smallest absolute Gasteiger partial charge is 0.170 e. The molecule has 0 saturated heterocycles. The van der Waals surface area contributed by atoms with Crippen molar-refractivity contribution < 1.29 is 9.18 Å². The normalized spacial score (nSPS) is 17.2. The Morgan fingerprint density at radius 1 is 1.25 bits per heavy atom. The van der Waals surface area contributed by atoms with E-state index in [1.165, 1.54) is 6.07 Å². The van der Waals surface area contributed by atoms with Crippen molar-refractivity contribution in [1.29, 1.82) is 0 Å². The number of benzene rings is 2. The Hall–Kier alpha value is -2.16. The molecular weight excluding hydrogens is 253 g/mol. The summed E-state index contributed by atoms with van der Waals surface area (Å²) in [7, 11) is 0. The quantitative estimate of drug-likeness (QED) is 0.837. The highest BCUT2D eigenvalue weighted by molar-refractivity contribution is 6.02. The zero-order valence-electron chi connectivity index (χ0n) is 11.3. The van der Waals surface area contributed by atoms with Crippen LogP contribution in [0.1, 0.15) is 33.8 Å². The molecule has 1 N–H and O–H groups in total. The van der Waals surface area contributed by atoms with Gasteiger partial charge >= 0.3 is 0 Å². The number of nitrogens with one attached hydrogen (secondary N) is 1. The van der Waals surface area contributed by atoms with Crippen molar-refractivity contribution >= 4 is 11.5 Å². The minimum absolute atomic E-state index is 0.0713. The fraction of sp³-hybridized carbons (Fsp3) is 0.235. The van der Waals surface area contributed by atoms with E-state index in [4.69, 9.17) is 0 Å². The summed E-state index contributed by atoms with van der Waals surface area (Å²) in [5.41, 5.74) is 3.16. The van der Waals surface area contributed by atoms with Crippen LogP contribution in [-0.4, -0.2) is 12.3 Å². The van der Waals surface area contributed by atoms with Crippen LogP contribution >= 0.6 is 0 Å². The van der Waals surface area contributed by atoms with Gasteiger partial charge in [0.25, 0.3) is 0 Å². The summed E-state index contributed by atoms with van der Waals surface area (Å²) in [5, 5.41) is 3.31. The number of rotatable bonds is 2. The molecule has 1 aliphatic rings. The summed E-state index contributed by atoms with van der Waals surface area (Å²) in [4.78, 5) is 12.7. The summed E-state index contributed by atoms with van der Waals surface area (Å²) < 4.78 is 13.3. The van der Waals surface area contributed by atoms with Crippen molar-refractivity contribution in [2.45, 2.75) is 19.3 Å². The molecule has 2 nitrogen and oxygen atoms in total. The van der Waals surface area contributed by atoms with Gasteiger partial charge in [-0.25, -0.2) is 4.39 Å². The van der Waals surface area contributed by atoms with E-state index in [9.17, 15) is 9.18 Å². The number of anilines is 1. The summed E-state index contributed by atoms with van der Waals surface area (Å²) in [6.45, 7) is 2.47. The number of carbonyl (C=O) groups is 1. The zero-order valence-corrected chi connectivity index (χ0v) is 11.3. The van der Waals surface area contributed by atoms with E-state index < -0.39 is 0 Å². The molecule has 0 radical (unpaired) electrons. The lowest BCUT2D eigenvalue weighted by atomic mass is 9.84. The van der Waals surface area contributed by atoms with E-state index in [2.05, 4.69) is 5.32 Å². The van der Waals surface area contributed by atoms with E-state index in [0.29, 0.717) is 11.1 Å². The van der Waals surface area contributed by atoms with Crippen molar-refractivity contribution in [3.63, 3.8) is 0 Å². The summed E-state index contributed by atoms with van der Waals surface area (Å²) in [6.07, 6.45) is 0.770. The van der Waals surface area contributed by atoms with Gasteiger partial charge in [-0.1, -0.05) is 18.2 Å². The van der Waals surface area contributed by atoms with Crippen LogP contribution in [0.15, 0.2) is 42.5 Å². The maximum Gasteiger partial charge on any atom is 0.170 e. The van der Waals surface area contributed by atoms with Crippen molar-refractivity contribution in [3.05, 3.63) is 65.0 Å². The zero-order chi connectivity index (χ0) is 14.1. The van der Waals surface area contributed by atoms with E-state index >= 15 is 0 Å². The van der Waals surface area contributed by atoms with Gasteiger partial charge in [-0.15, -0.1) is 0 Å². The first-order valence-electron chi connectivity index (χ1n) is 6.80. The fourth-order valence-electron chi connectivity index (χ4n) is 2.74. The van der Waals surface area contributed by atoms with E-state index in [0.717, 1.165) is 24.2 Å². The van der Waals surface area contributed by atoms with Crippen molar-refractivity contribution in [1.82, 2.24) is 0 Å². The lowest BCUT2D eigenvalue weighted by Gasteiger charge is -2.25. The summed E-state index contributed by atoms with van der Waals surface area (Å²) in [6, 6.07) is 12.5. The fourth-order valence-corrected chi connectivity index (χ4v) is 2.74. The largest absolute Gasteiger partial charge is 0.385 e. The SMILES string of the molecule is Cc1cc(C(=O)C2CCNc3ccccc32)ccc1F. The highest BCUT2D eigenvalue weighted by Gasteiger charge is 2.27. The van der Waals surface area contributed by atoms with Crippen LogP contribution in [0.3, 0.4) is 0 Å². The van der Waals surface area contributed by atoms with Gasteiger partial charge in [-0.05, 0) is 48.7 Å². The molecule has 0 amide bonds. The minimum Gasteiger partial charge on any atom is -0.385 e. The number of halogens is 1. The maximum absolute atomic E-state index is 13.3. The molecule has 0 saturated carbocycles. The second-order valence-corrected chi connectivity index (χ2v) is 5.18. The van der Waals surface area contributed by atoms with Crippen molar-refractivity contribution in [2.24, 2.45) is 0 Å². The molecule has 1 unspecified atom stereocenters. The average Bonchev–Trinajstić information content (AvgIpc) is 2.49. The van der Waals surface area contributed by atoms with Gasteiger partial charge in [0.1, 0.15) is 5.82 Å². The molecule has 2 aromatic carbocycles. The number of aryl methyl sites for hydroxylation is 1. The van der Waals surface area contributed by atoms with E-state index in [-0.39, 0.29) is 17.5 Å². The number of fused-ring (bicyclic) bond motifs is 1. The average molecular weight is 269 g/mol. The van der Waals surface area contributed by atoms with Crippen molar-refractivity contribution in [3.8, 4) is 0 Å². The molecule has 3 rings (SSSR count). The first-order chi connectivity index (χ1) is 9.66. The molecule has 3 heteroatoms. The predicted molar refractivity (Wildman–Crippen MR) is 77.8 cm³/mol. The van der Waals surface area contributed by atoms with Crippen LogP contribution in [0, 0.1) is 12.7 Å². The van der Waals surface area contributed by atoms with E-state index in [1.54, 1.807) is 19.1 Å². The Morgan fingerprint density at radius 2 is 2.05 bits per heavy atom. The molecule has 0 bridgehead atoms. The highest BCUT2D eigenvalue weighted by atomic mass is 19.1. The van der Waals surface area contributed by atoms with Gasteiger partial charge in [0, 0.05) is 17.8 Å². The Bertz CT molecular complexity index is 666. The number of ketones is 1. The molecular formula is C17H16FNO. The molecule has 0 fully saturated rings. The molecule has 2 aromatic rings. The van der Waals surface area contributed by atoms with Crippen LogP contribution in [0.2, 0.25) is 0 Å². The first kappa shape index (κ1) is 12.9. The number of hydrogen-bond acceptors (Lipinski definition) is 2. The minimum atomic E-state index is -0.271. The molecule has 1 heterocycles. The van der Waals surface area contributed by atoms with Crippen LogP contribution in [0.4, 0.5) is 10.1 Å². The predicted octanol–water partition coefficient (Wildman–Crippen LogP) is 3.92. The number of Topliss-reactive ketones (excluding diaryl/α,β-unsaturated/α-hetero) is 1. The third kappa shape index (κ3) is 2.20. The molecule has 0 aromatic heterocycles. The summed E-state index contributed by atoms with van der Waals surface area (Å²) in [5.74, 6) is -0.341. The van der Waals surface area contributed by atoms with Gasteiger partial charge in [0.2, 0.25) is 0 Å². The van der Waals surface area contributed by atoms with Gasteiger partial charge < -0.3 is 5.32 Å². The summed E-state index contributed by atoms with van der Waals surface area (Å²) >= 11 is 0. The van der Waals surface area contributed by atoms with Crippen LogP contribution in [0.25, 0.3) is 0 Å². The van der Waals surface area contributed by atoms with Gasteiger partial charge in [-0.2, -0.15) is 0 Å². The lowest BCUT2D eigenvalue weighted by Crippen LogP contribution is -2.23. The van der Waals surface area contributed by atoms with Crippen LogP contribution in [0.5, 0.6) is 0 Å². The third-order valence-corrected chi connectivity index (χ3v) is 3.84. The molecule has 20 heavy (non-hydrogen) atoms. The van der Waals surface area contributed by atoms with Gasteiger partial charge in [-0.3, -0.25) is 4.79 Å². The monoisotopic (exact) mass is 269 g/mol. The molecule has 1 atom stereocenters. The Kier molecular flexibility index (Phi) is 3.26. The van der Waals surface area contributed by atoms with Gasteiger partial charge in [0.15, 0.2) is 5.78 Å². The van der Waals surface area contributed by atoms with Crippen molar-refractivity contribution in [2.75, 3.05) is 11.9 Å². The maximum atomic E-state index is 13.3. The molecule has 0 aliphatic carbocycles. The number of carbonyl (C=O) groups excluding carboxylic acids is 1. The van der Waals surface area contributed by atoms with Crippen LogP contribution < -0.4 is 5.32 Å². The highest BCUT2D eigenvalue weighted by Crippen LogP contribution is 2.33. The second-order valence-electron chi connectivity index (χ2n) is 5.18. The molecule has 0 spiro atoms. The standard InChI is InChI=1S/C17H16FNO/c1-11-10-12(6-7-15(11)18)17(20)14-8-9-19-16-5-3-2-4-13(14)16/h2-7,10,14,19H,8-9H2,1H3. The van der Waals surface area contributed by atoms with Gasteiger partial charge in [0.05, 0.1) is 5.92 Å². The molecule has 1 aliphatic heterocycles. The lowest BCUT2D eigenvalue weighted by molar-refractivity contribution is 0.0955. The third-order valence-electron chi connectivity index (χ3n) is 3.84. The Labute approximate surface area is 117 Å². The first-order valence-corrected chi connectivity index (χ1v) is 6.80. The Balaban J connectivity index is 1.97. The number of hydrogen-bond donors (Lipinski definition) is 1.